The minimum atomic E-state index is 0.209. The highest BCUT2D eigenvalue weighted by atomic mass is 16.5. The molecular formula is C14H27NO. The smallest absolute Gasteiger partial charge is 0.0705 e. The molecule has 1 saturated heterocycles. The Morgan fingerprint density at radius 2 is 1.69 bits per heavy atom. The van der Waals surface area contributed by atoms with E-state index in [4.69, 9.17) is 4.74 Å². The first-order valence-electron chi connectivity index (χ1n) is 7.10. The standard InChI is InChI=1S/C14H27NO/c1-16-14(8-10-15-11-9-14)12-13-6-4-2-3-5-7-13/h13,15H,2-12H2,1H3. The molecule has 1 saturated carbocycles. The summed E-state index contributed by atoms with van der Waals surface area (Å²) in [6.45, 7) is 2.28. The largest absolute Gasteiger partial charge is 0.378 e. The van der Waals surface area contributed by atoms with Gasteiger partial charge in [-0.1, -0.05) is 38.5 Å². The molecule has 2 heteroatoms. The van der Waals surface area contributed by atoms with Crippen LogP contribution in [0.15, 0.2) is 0 Å². The van der Waals surface area contributed by atoms with Gasteiger partial charge in [0.05, 0.1) is 5.60 Å². The summed E-state index contributed by atoms with van der Waals surface area (Å²) < 4.78 is 5.88. The molecule has 0 radical (unpaired) electrons. The Balaban J connectivity index is 1.88. The van der Waals surface area contributed by atoms with Gasteiger partial charge in [0, 0.05) is 7.11 Å². The predicted octanol–water partition coefficient (Wildman–Crippen LogP) is 3.12. The van der Waals surface area contributed by atoms with Crippen molar-refractivity contribution in [1.82, 2.24) is 5.32 Å². The van der Waals surface area contributed by atoms with Crippen molar-refractivity contribution >= 4 is 0 Å². The molecule has 0 atom stereocenters. The minimum absolute atomic E-state index is 0.209. The first kappa shape index (κ1) is 12.4. The van der Waals surface area contributed by atoms with Crippen LogP contribution in [0.1, 0.15) is 57.8 Å². The van der Waals surface area contributed by atoms with Gasteiger partial charge in [-0.05, 0) is 38.3 Å². The van der Waals surface area contributed by atoms with Crippen molar-refractivity contribution in [3.05, 3.63) is 0 Å². The third kappa shape index (κ3) is 3.21. The molecule has 0 spiro atoms. The minimum Gasteiger partial charge on any atom is -0.378 e. The van der Waals surface area contributed by atoms with E-state index in [9.17, 15) is 0 Å². The normalized spacial score (nSPS) is 27.6. The molecule has 1 heterocycles. The van der Waals surface area contributed by atoms with Crippen LogP contribution in [-0.2, 0) is 4.74 Å². The molecule has 0 amide bonds. The maximum absolute atomic E-state index is 5.88. The average molecular weight is 225 g/mol. The lowest BCUT2D eigenvalue weighted by molar-refractivity contribution is -0.0528. The summed E-state index contributed by atoms with van der Waals surface area (Å²) >= 11 is 0. The van der Waals surface area contributed by atoms with Gasteiger partial charge in [0.25, 0.3) is 0 Å². The Hall–Kier alpha value is -0.0800. The van der Waals surface area contributed by atoms with Gasteiger partial charge in [0.15, 0.2) is 0 Å². The van der Waals surface area contributed by atoms with Crippen LogP contribution in [0, 0.1) is 5.92 Å². The van der Waals surface area contributed by atoms with Gasteiger partial charge in [-0.3, -0.25) is 0 Å². The topological polar surface area (TPSA) is 21.3 Å². The fourth-order valence-corrected chi connectivity index (χ4v) is 3.47. The molecule has 0 aromatic rings. The van der Waals surface area contributed by atoms with Crippen LogP contribution in [0.4, 0.5) is 0 Å². The SMILES string of the molecule is COC1(CC2CCCCCC2)CCNCC1. The van der Waals surface area contributed by atoms with Gasteiger partial charge >= 0.3 is 0 Å². The van der Waals surface area contributed by atoms with Gasteiger partial charge in [0.2, 0.25) is 0 Å². The Morgan fingerprint density at radius 1 is 1.06 bits per heavy atom. The van der Waals surface area contributed by atoms with E-state index in [-0.39, 0.29) is 5.60 Å². The highest BCUT2D eigenvalue weighted by Gasteiger charge is 2.34. The van der Waals surface area contributed by atoms with Gasteiger partial charge in [0.1, 0.15) is 0 Å². The van der Waals surface area contributed by atoms with Crippen molar-refractivity contribution in [3.8, 4) is 0 Å². The zero-order valence-corrected chi connectivity index (χ0v) is 10.8. The van der Waals surface area contributed by atoms with Gasteiger partial charge in [-0.2, -0.15) is 0 Å². The number of rotatable bonds is 3. The van der Waals surface area contributed by atoms with E-state index >= 15 is 0 Å². The number of ether oxygens (including phenoxy) is 1. The van der Waals surface area contributed by atoms with E-state index in [1.54, 1.807) is 0 Å². The van der Waals surface area contributed by atoms with E-state index in [0.717, 1.165) is 19.0 Å². The lowest BCUT2D eigenvalue weighted by Gasteiger charge is -2.39. The van der Waals surface area contributed by atoms with E-state index in [2.05, 4.69) is 5.32 Å². The molecule has 94 valence electrons. The van der Waals surface area contributed by atoms with Crippen LogP contribution in [0.5, 0.6) is 0 Å². The van der Waals surface area contributed by atoms with E-state index in [1.807, 2.05) is 7.11 Å². The van der Waals surface area contributed by atoms with Crippen molar-refractivity contribution < 1.29 is 4.74 Å². The molecule has 2 nitrogen and oxygen atoms in total. The number of methoxy groups -OCH3 is 1. The van der Waals surface area contributed by atoms with E-state index in [0.29, 0.717) is 0 Å². The van der Waals surface area contributed by atoms with Gasteiger partial charge in [-0.25, -0.2) is 0 Å². The first-order chi connectivity index (χ1) is 7.85. The average Bonchev–Trinajstić information content (AvgIpc) is 2.59. The maximum Gasteiger partial charge on any atom is 0.0705 e. The second kappa shape index (κ2) is 6.02. The fourth-order valence-electron chi connectivity index (χ4n) is 3.47. The van der Waals surface area contributed by atoms with Crippen molar-refractivity contribution in [2.75, 3.05) is 20.2 Å². The lowest BCUT2D eigenvalue weighted by atomic mass is 9.80. The third-order valence-corrected chi connectivity index (χ3v) is 4.58. The molecule has 0 bridgehead atoms. The van der Waals surface area contributed by atoms with Crippen LogP contribution in [0.25, 0.3) is 0 Å². The summed E-state index contributed by atoms with van der Waals surface area (Å²) in [7, 11) is 1.92. The molecule has 16 heavy (non-hydrogen) atoms. The zero-order chi connectivity index (χ0) is 11.3. The molecule has 1 N–H and O–H groups in total. The monoisotopic (exact) mass is 225 g/mol. The Kier molecular flexibility index (Phi) is 4.66. The second-order valence-corrected chi connectivity index (χ2v) is 5.70. The van der Waals surface area contributed by atoms with E-state index in [1.165, 1.54) is 57.8 Å². The first-order valence-corrected chi connectivity index (χ1v) is 7.10. The molecule has 2 aliphatic rings. The van der Waals surface area contributed by atoms with Crippen LogP contribution >= 0.6 is 0 Å². The maximum atomic E-state index is 5.88. The van der Waals surface area contributed by atoms with Crippen molar-refractivity contribution in [2.45, 2.75) is 63.4 Å². The van der Waals surface area contributed by atoms with Crippen LogP contribution in [0.3, 0.4) is 0 Å². The number of hydrogen-bond donors (Lipinski definition) is 1. The highest BCUT2D eigenvalue weighted by molar-refractivity contribution is 4.88. The number of piperidine rings is 1. The number of hydrogen-bond acceptors (Lipinski definition) is 2. The Labute approximate surface area is 100 Å². The molecule has 2 fully saturated rings. The highest BCUT2D eigenvalue weighted by Crippen LogP contribution is 2.35. The van der Waals surface area contributed by atoms with Crippen LogP contribution in [0.2, 0.25) is 0 Å². The van der Waals surface area contributed by atoms with Crippen molar-refractivity contribution in [3.63, 3.8) is 0 Å². The molecule has 0 aromatic carbocycles. The Morgan fingerprint density at radius 3 is 2.25 bits per heavy atom. The van der Waals surface area contributed by atoms with Crippen LogP contribution in [-0.4, -0.2) is 25.8 Å². The lowest BCUT2D eigenvalue weighted by Crippen LogP contribution is -2.44. The van der Waals surface area contributed by atoms with Gasteiger partial charge < -0.3 is 10.1 Å². The van der Waals surface area contributed by atoms with Crippen molar-refractivity contribution in [1.29, 1.82) is 0 Å². The molecule has 1 aliphatic carbocycles. The zero-order valence-electron chi connectivity index (χ0n) is 10.8. The quantitative estimate of drug-likeness (QED) is 0.745. The van der Waals surface area contributed by atoms with Crippen molar-refractivity contribution in [2.24, 2.45) is 5.92 Å². The third-order valence-electron chi connectivity index (χ3n) is 4.58. The summed E-state index contributed by atoms with van der Waals surface area (Å²) in [5.41, 5.74) is 0.209. The molecular weight excluding hydrogens is 198 g/mol. The summed E-state index contributed by atoms with van der Waals surface area (Å²) in [6, 6.07) is 0. The summed E-state index contributed by atoms with van der Waals surface area (Å²) in [6.07, 6.45) is 12.4. The molecule has 1 aliphatic heterocycles. The fraction of sp³-hybridized carbons (Fsp3) is 1.00. The Bertz CT molecular complexity index is 191. The van der Waals surface area contributed by atoms with E-state index < -0.39 is 0 Å². The summed E-state index contributed by atoms with van der Waals surface area (Å²) in [5.74, 6) is 0.931. The van der Waals surface area contributed by atoms with Crippen LogP contribution < -0.4 is 5.32 Å². The molecule has 0 unspecified atom stereocenters. The summed E-state index contributed by atoms with van der Waals surface area (Å²) in [4.78, 5) is 0. The number of nitrogens with one attached hydrogen (secondary N) is 1. The molecule has 2 rings (SSSR count). The second-order valence-electron chi connectivity index (χ2n) is 5.70. The van der Waals surface area contributed by atoms with Gasteiger partial charge in [-0.15, -0.1) is 0 Å². The summed E-state index contributed by atoms with van der Waals surface area (Å²) in [5, 5.41) is 3.44. The molecule has 0 aromatic heterocycles. The predicted molar refractivity (Wildman–Crippen MR) is 67.7 cm³/mol.